The summed E-state index contributed by atoms with van der Waals surface area (Å²) in [4.78, 5) is 0. The summed E-state index contributed by atoms with van der Waals surface area (Å²) in [6.07, 6.45) is 4.08. The molecular formula is C28H31OP. The fourth-order valence-electron chi connectivity index (χ4n) is 4.16. The summed E-state index contributed by atoms with van der Waals surface area (Å²) < 4.78 is 14.2. The average Bonchev–Trinajstić information content (AvgIpc) is 2.67. The largest absolute Gasteiger partial charge is 0.310 e. The first-order valence-corrected chi connectivity index (χ1v) is 12.2. The maximum absolute atomic E-state index is 14.2. The third-order valence-corrected chi connectivity index (χ3v) is 7.85. The Kier molecular flexibility index (Phi) is 6.64. The first kappa shape index (κ1) is 22.1. The highest BCUT2D eigenvalue weighted by atomic mass is 31.2. The lowest BCUT2D eigenvalue weighted by Gasteiger charge is -2.13. The molecule has 0 bridgehead atoms. The fraction of sp³-hybridized carbons (Fsp3) is 0.214. The van der Waals surface area contributed by atoms with Crippen LogP contribution in [0, 0.1) is 41.5 Å². The van der Waals surface area contributed by atoms with Gasteiger partial charge in [-0.05, 0) is 86.6 Å². The van der Waals surface area contributed by atoms with Crippen LogP contribution in [-0.4, -0.2) is 0 Å². The van der Waals surface area contributed by atoms with Crippen molar-refractivity contribution >= 4 is 24.6 Å². The fourth-order valence-corrected chi connectivity index (χ4v) is 5.98. The van der Waals surface area contributed by atoms with Gasteiger partial charge in [0.2, 0.25) is 0 Å². The van der Waals surface area contributed by atoms with E-state index < -0.39 is 7.14 Å². The molecule has 2 heteroatoms. The van der Waals surface area contributed by atoms with Gasteiger partial charge < -0.3 is 4.57 Å². The Balaban J connectivity index is 2.09. The van der Waals surface area contributed by atoms with Gasteiger partial charge in [-0.3, -0.25) is 0 Å². The number of aryl methyl sites for hydroxylation is 6. The zero-order valence-electron chi connectivity index (χ0n) is 18.9. The standard InChI is InChI=1S/C28H31OP/c1-20-16-22(3)27(23(4)17-20)12-14-30(29,26-10-8-7-9-11-26)15-13-28-24(5)18-21(2)19-25(28)6/h7-19H,1-6H3. The van der Waals surface area contributed by atoms with Crippen LogP contribution in [0.4, 0.5) is 0 Å². The van der Waals surface area contributed by atoms with E-state index in [1.165, 1.54) is 33.4 Å². The molecule has 0 spiro atoms. The SMILES string of the molecule is Cc1cc(C)c(C=CP(=O)(C=Cc2c(C)cc(C)cc2C)c2ccccc2)c(C)c1. The molecule has 0 amide bonds. The summed E-state index contributed by atoms with van der Waals surface area (Å²) in [7, 11) is -2.87. The van der Waals surface area contributed by atoms with Crippen LogP contribution < -0.4 is 5.30 Å². The van der Waals surface area contributed by atoms with Crippen molar-refractivity contribution in [1.29, 1.82) is 0 Å². The maximum Gasteiger partial charge on any atom is 0.157 e. The van der Waals surface area contributed by atoms with Gasteiger partial charge in [0.25, 0.3) is 0 Å². The zero-order chi connectivity index (χ0) is 21.9. The molecule has 0 heterocycles. The van der Waals surface area contributed by atoms with E-state index in [0.29, 0.717) is 0 Å². The number of hydrogen-bond donors (Lipinski definition) is 0. The monoisotopic (exact) mass is 414 g/mol. The van der Waals surface area contributed by atoms with Crippen molar-refractivity contribution in [2.45, 2.75) is 41.5 Å². The second-order valence-electron chi connectivity index (χ2n) is 8.30. The summed E-state index contributed by atoms with van der Waals surface area (Å²) in [5, 5.41) is 0.849. The van der Waals surface area contributed by atoms with Gasteiger partial charge in [-0.25, -0.2) is 0 Å². The first-order valence-electron chi connectivity index (χ1n) is 10.4. The van der Waals surface area contributed by atoms with Crippen LogP contribution in [0.15, 0.2) is 66.2 Å². The molecule has 0 saturated carbocycles. The summed E-state index contributed by atoms with van der Waals surface area (Å²) in [5.74, 6) is 3.81. The van der Waals surface area contributed by atoms with Crippen molar-refractivity contribution in [1.82, 2.24) is 0 Å². The van der Waals surface area contributed by atoms with Crippen molar-refractivity contribution in [3.8, 4) is 0 Å². The van der Waals surface area contributed by atoms with E-state index in [0.717, 1.165) is 16.4 Å². The molecule has 1 nitrogen and oxygen atoms in total. The van der Waals surface area contributed by atoms with E-state index in [1.807, 2.05) is 54.1 Å². The Hall–Kier alpha value is -2.63. The van der Waals surface area contributed by atoms with Gasteiger partial charge in [0.1, 0.15) is 0 Å². The van der Waals surface area contributed by atoms with Crippen LogP contribution in [0.25, 0.3) is 12.2 Å². The van der Waals surface area contributed by atoms with E-state index >= 15 is 0 Å². The molecule has 3 aromatic carbocycles. The highest BCUT2D eigenvalue weighted by molar-refractivity contribution is 7.77. The zero-order valence-corrected chi connectivity index (χ0v) is 19.8. The van der Waals surface area contributed by atoms with Crippen molar-refractivity contribution < 1.29 is 4.57 Å². The summed E-state index contributed by atoms with van der Waals surface area (Å²) in [6, 6.07) is 18.5. The lowest BCUT2D eigenvalue weighted by molar-refractivity contribution is 0.592. The van der Waals surface area contributed by atoms with Crippen molar-refractivity contribution in [2.24, 2.45) is 0 Å². The molecule has 0 saturated heterocycles. The number of rotatable bonds is 5. The van der Waals surface area contributed by atoms with Gasteiger partial charge in [0.15, 0.2) is 7.14 Å². The minimum absolute atomic E-state index is 0.849. The van der Waals surface area contributed by atoms with Gasteiger partial charge >= 0.3 is 0 Å². The molecule has 0 unspecified atom stereocenters. The third kappa shape index (κ3) is 4.91. The second kappa shape index (κ2) is 9.02. The van der Waals surface area contributed by atoms with Gasteiger partial charge in [0.05, 0.1) is 0 Å². The molecule has 0 aliphatic carbocycles. The molecule has 0 aliphatic rings. The van der Waals surface area contributed by atoms with E-state index in [-0.39, 0.29) is 0 Å². The molecule has 0 aliphatic heterocycles. The molecule has 3 rings (SSSR count). The van der Waals surface area contributed by atoms with Gasteiger partial charge in [0, 0.05) is 5.30 Å². The van der Waals surface area contributed by atoms with Crippen LogP contribution in [0.3, 0.4) is 0 Å². The van der Waals surface area contributed by atoms with Crippen LogP contribution in [0.1, 0.15) is 44.5 Å². The van der Waals surface area contributed by atoms with E-state index in [2.05, 4.69) is 65.8 Å². The molecule has 0 fully saturated rings. The Labute approximate surface area is 181 Å². The highest BCUT2D eigenvalue weighted by Crippen LogP contribution is 2.49. The van der Waals surface area contributed by atoms with Crippen molar-refractivity contribution in [3.63, 3.8) is 0 Å². The average molecular weight is 415 g/mol. The number of benzene rings is 3. The Morgan fingerprint density at radius 3 is 1.33 bits per heavy atom. The van der Waals surface area contributed by atoms with E-state index in [4.69, 9.17) is 0 Å². The summed E-state index contributed by atoms with van der Waals surface area (Å²) in [6.45, 7) is 12.7. The van der Waals surface area contributed by atoms with E-state index in [9.17, 15) is 4.57 Å². The van der Waals surface area contributed by atoms with E-state index in [1.54, 1.807) is 0 Å². The minimum Gasteiger partial charge on any atom is -0.310 e. The van der Waals surface area contributed by atoms with Gasteiger partial charge in [-0.1, -0.05) is 77.9 Å². The molecule has 0 radical (unpaired) electrons. The van der Waals surface area contributed by atoms with Crippen molar-refractivity contribution in [3.05, 3.63) is 111 Å². The van der Waals surface area contributed by atoms with Crippen LogP contribution in [-0.2, 0) is 4.57 Å². The third-order valence-electron chi connectivity index (χ3n) is 5.56. The normalized spacial score (nSPS) is 13.8. The maximum atomic E-state index is 14.2. The lowest BCUT2D eigenvalue weighted by Crippen LogP contribution is -2.00. The Bertz CT molecular complexity index is 1050. The molecular weight excluding hydrogens is 383 g/mol. The molecule has 3 aromatic rings. The van der Waals surface area contributed by atoms with Crippen LogP contribution >= 0.6 is 7.14 Å². The van der Waals surface area contributed by atoms with Crippen LogP contribution in [0.2, 0.25) is 0 Å². The van der Waals surface area contributed by atoms with Gasteiger partial charge in [-0.2, -0.15) is 0 Å². The predicted molar refractivity (Wildman–Crippen MR) is 133 cm³/mol. The number of hydrogen-bond acceptors (Lipinski definition) is 1. The smallest absolute Gasteiger partial charge is 0.157 e. The highest BCUT2D eigenvalue weighted by Gasteiger charge is 2.18. The minimum atomic E-state index is -2.87. The summed E-state index contributed by atoms with van der Waals surface area (Å²) >= 11 is 0. The Morgan fingerprint density at radius 1 is 0.600 bits per heavy atom. The molecule has 0 atom stereocenters. The van der Waals surface area contributed by atoms with Crippen molar-refractivity contribution in [2.75, 3.05) is 0 Å². The Morgan fingerprint density at radius 2 is 0.967 bits per heavy atom. The molecule has 0 N–H and O–H groups in total. The summed E-state index contributed by atoms with van der Waals surface area (Å²) in [5.41, 5.74) is 9.61. The molecule has 0 aromatic heterocycles. The molecule has 30 heavy (non-hydrogen) atoms. The van der Waals surface area contributed by atoms with Crippen LogP contribution in [0.5, 0.6) is 0 Å². The quantitative estimate of drug-likeness (QED) is 0.388. The molecule has 154 valence electrons. The van der Waals surface area contributed by atoms with Gasteiger partial charge in [-0.15, -0.1) is 0 Å². The predicted octanol–water partition coefficient (Wildman–Crippen LogP) is 7.87. The first-order chi connectivity index (χ1) is 14.2. The lowest BCUT2D eigenvalue weighted by atomic mass is 10.0. The second-order valence-corrected chi connectivity index (χ2v) is 10.8. The topological polar surface area (TPSA) is 17.1 Å².